The van der Waals surface area contributed by atoms with Crippen LogP contribution in [0, 0.1) is 13.8 Å². The number of nitrogens with zero attached hydrogens (tertiary/aromatic N) is 1. The fourth-order valence-electron chi connectivity index (χ4n) is 2.69. The van der Waals surface area contributed by atoms with Crippen LogP contribution >= 0.6 is 0 Å². The predicted molar refractivity (Wildman–Crippen MR) is 89.5 cm³/mol. The highest BCUT2D eigenvalue weighted by Crippen LogP contribution is 2.36. The lowest BCUT2D eigenvalue weighted by Crippen LogP contribution is -2.20. The molecule has 0 fully saturated rings. The van der Waals surface area contributed by atoms with E-state index in [4.69, 9.17) is 9.47 Å². The lowest BCUT2D eigenvalue weighted by atomic mass is 9.97. The Bertz CT molecular complexity index is 780. The third-order valence-corrected chi connectivity index (χ3v) is 4.14. The van der Waals surface area contributed by atoms with Gasteiger partial charge in [-0.1, -0.05) is 0 Å². The highest BCUT2D eigenvalue weighted by Gasteiger charge is 2.16. The zero-order chi connectivity index (χ0) is 17.1. The van der Waals surface area contributed by atoms with Gasteiger partial charge >= 0.3 is 0 Å². The summed E-state index contributed by atoms with van der Waals surface area (Å²) in [6.07, 6.45) is 2.85. The molecule has 0 N–H and O–H groups in total. The Kier molecular flexibility index (Phi) is 4.89. The summed E-state index contributed by atoms with van der Waals surface area (Å²) in [7, 11) is 4.85. The molecule has 1 aromatic heterocycles. The van der Waals surface area contributed by atoms with Gasteiger partial charge in [0.1, 0.15) is 17.8 Å². The van der Waals surface area contributed by atoms with Gasteiger partial charge < -0.3 is 18.8 Å². The molecule has 5 nitrogen and oxygen atoms in total. The average Bonchev–Trinajstić information content (AvgIpc) is 2.56. The second-order valence-corrected chi connectivity index (χ2v) is 5.44. The highest BCUT2D eigenvalue weighted by molar-refractivity contribution is 5.73. The van der Waals surface area contributed by atoms with Crippen LogP contribution in [0.4, 0.5) is 0 Å². The summed E-state index contributed by atoms with van der Waals surface area (Å²) in [6.45, 7) is 3.74. The van der Waals surface area contributed by atoms with E-state index in [0.717, 1.165) is 23.0 Å². The zero-order valence-electron chi connectivity index (χ0n) is 14.1. The maximum Gasteiger partial charge on any atom is 0.253 e. The van der Waals surface area contributed by atoms with Crippen LogP contribution in [-0.2, 0) is 18.3 Å². The van der Waals surface area contributed by atoms with Crippen LogP contribution in [-0.4, -0.2) is 25.1 Å². The van der Waals surface area contributed by atoms with E-state index in [2.05, 4.69) is 0 Å². The number of pyridine rings is 1. The van der Waals surface area contributed by atoms with Crippen molar-refractivity contribution in [1.29, 1.82) is 0 Å². The molecule has 23 heavy (non-hydrogen) atoms. The number of rotatable bonds is 5. The SMILES string of the molecule is COc1cc(-c2cn(C)c(=O)c(C)c2C)cc(OC)c1CC=O. The minimum absolute atomic E-state index is 0.0113. The van der Waals surface area contributed by atoms with Crippen molar-refractivity contribution in [2.24, 2.45) is 7.05 Å². The van der Waals surface area contributed by atoms with Crippen LogP contribution in [0.2, 0.25) is 0 Å². The van der Waals surface area contributed by atoms with Crippen molar-refractivity contribution in [2.45, 2.75) is 20.3 Å². The summed E-state index contributed by atoms with van der Waals surface area (Å²) < 4.78 is 12.4. The van der Waals surface area contributed by atoms with Crippen molar-refractivity contribution < 1.29 is 14.3 Å². The molecule has 2 aromatic rings. The van der Waals surface area contributed by atoms with Crippen molar-refractivity contribution in [3.63, 3.8) is 0 Å². The molecular formula is C18H21NO4. The number of ether oxygens (including phenoxy) is 2. The van der Waals surface area contributed by atoms with Gasteiger partial charge in [-0.25, -0.2) is 0 Å². The molecule has 2 rings (SSSR count). The molecule has 1 aromatic carbocycles. The topological polar surface area (TPSA) is 57.5 Å². The van der Waals surface area contributed by atoms with E-state index in [1.807, 2.05) is 26.0 Å². The number of aromatic nitrogens is 1. The quantitative estimate of drug-likeness (QED) is 0.795. The summed E-state index contributed by atoms with van der Waals surface area (Å²) in [4.78, 5) is 22.9. The molecule has 0 saturated heterocycles. The number of methoxy groups -OCH3 is 2. The Morgan fingerprint density at radius 2 is 1.65 bits per heavy atom. The first kappa shape index (κ1) is 16.8. The van der Waals surface area contributed by atoms with E-state index in [-0.39, 0.29) is 12.0 Å². The first-order valence-corrected chi connectivity index (χ1v) is 7.30. The molecule has 0 bridgehead atoms. The Morgan fingerprint density at radius 3 is 2.13 bits per heavy atom. The molecule has 0 aliphatic heterocycles. The van der Waals surface area contributed by atoms with E-state index in [1.165, 1.54) is 0 Å². The number of hydrogen-bond acceptors (Lipinski definition) is 4. The van der Waals surface area contributed by atoms with Gasteiger partial charge in [-0.15, -0.1) is 0 Å². The van der Waals surface area contributed by atoms with E-state index in [0.29, 0.717) is 22.6 Å². The van der Waals surface area contributed by atoms with Gasteiger partial charge in [-0.3, -0.25) is 4.79 Å². The zero-order valence-corrected chi connectivity index (χ0v) is 14.1. The Hall–Kier alpha value is -2.56. The molecule has 0 unspecified atom stereocenters. The standard InChI is InChI=1S/C18H21NO4/c1-11-12(2)18(21)19(3)10-15(11)13-8-16(22-4)14(6-7-20)17(9-13)23-5/h7-10H,6H2,1-5H3. The molecule has 0 spiro atoms. The summed E-state index contributed by atoms with van der Waals surface area (Å²) in [5, 5.41) is 0. The second-order valence-electron chi connectivity index (χ2n) is 5.44. The minimum Gasteiger partial charge on any atom is -0.496 e. The second kappa shape index (κ2) is 6.69. The van der Waals surface area contributed by atoms with Crippen molar-refractivity contribution in [3.8, 4) is 22.6 Å². The normalized spacial score (nSPS) is 10.5. The van der Waals surface area contributed by atoms with Crippen molar-refractivity contribution in [1.82, 2.24) is 4.57 Å². The Balaban J connectivity index is 2.75. The summed E-state index contributed by atoms with van der Waals surface area (Å²) in [5.74, 6) is 1.19. The van der Waals surface area contributed by atoms with Gasteiger partial charge in [0, 0.05) is 36.4 Å². The van der Waals surface area contributed by atoms with Gasteiger partial charge in [0.05, 0.1) is 14.2 Å². The fourth-order valence-corrected chi connectivity index (χ4v) is 2.69. The molecule has 0 saturated carbocycles. The van der Waals surface area contributed by atoms with E-state index < -0.39 is 0 Å². The molecule has 0 aliphatic carbocycles. The van der Waals surface area contributed by atoms with Crippen LogP contribution in [0.1, 0.15) is 16.7 Å². The number of carbonyl (C=O) groups excluding carboxylic acids is 1. The largest absolute Gasteiger partial charge is 0.496 e. The van der Waals surface area contributed by atoms with E-state index in [9.17, 15) is 9.59 Å². The lowest BCUT2D eigenvalue weighted by Gasteiger charge is -2.16. The first-order chi connectivity index (χ1) is 10.9. The third-order valence-electron chi connectivity index (χ3n) is 4.14. The summed E-state index contributed by atoms with van der Waals surface area (Å²) in [5.41, 5.74) is 4.14. The fraction of sp³-hybridized carbons (Fsp3) is 0.333. The maximum absolute atomic E-state index is 12.0. The predicted octanol–water partition coefficient (Wildman–Crippen LogP) is 2.43. The minimum atomic E-state index is -0.0113. The molecule has 5 heteroatoms. The van der Waals surface area contributed by atoms with Gasteiger partial charge in [0.15, 0.2) is 0 Å². The summed E-state index contributed by atoms with van der Waals surface area (Å²) >= 11 is 0. The monoisotopic (exact) mass is 315 g/mol. The smallest absolute Gasteiger partial charge is 0.253 e. The molecule has 1 heterocycles. The van der Waals surface area contributed by atoms with Gasteiger partial charge in [0.25, 0.3) is 5.56 Å². The molecule has 0 amide bonds. The molecule has 0 aliphatic rings. The Labute approximate surface area is 135 Å². The van der Waals surface area contributed by atoms with Crippen molar-refractivity contribution in [3.05, 3.63) is 45.4 Å². The molecule has 0 radical (unpaired) electrons. The van der Waals surface area contributed by atoms with Crippen LogP contribution < -0.4 is 15.0 Å². The van der Waals surface area contributed by atoms with Gasteiger partial charge in [-0.05, 0) is 37.1 Å². The van der Waals surface area contributed by atoms with Crippen molar-refractivity contribution >= 4 is 6.29 Å². The van der Waals surface area contributed by atoms with Gasteiger partial charge in [0.2, 0.25) is 0 Å². The number of aryl methyl sites for hydroxylation is 1. The van der Waals surface area contributed by atoms with Crippen LogP contribution in [0.5, 0.6) is 11.5 Å². The molecule has 122 valence electrons. The summed E-state index contributed by atoms with van der Waals surface area (Å²) in [6, 6.07) is 3.74. The van der Waals surface area contributed by atoms with Crippen LogP contribution in [0.25, 0.3) is 11.1 Å². The van der Waals surface area contributed by atoms with Crippen molar-refractivity contribution in [2.75, 3.05) is 14.2 Å². The molecular weight excluding hydrogens is 294 g/mol. The van der Waals surface area contributed by atoms with E-state index in [1.54, 1.807) is 32.0 Å². The van der Waals surface area contributed by atoms with E-state index >= 15 is 0 Å². The average molecular weight is 315 g/mol. The highest BCUT2D eigenvalue weighted by atomic mass is 16.5. The number of benzene rings is 1. The number of aldehydes is 1. The number of hydrogen-bond donors (Lipinski definition) is 0. The van der Waals surface area contributed by atoms with Gasteiger partial charge in [-0.2, -0.15) is 0 Å². The third kappa shape index (κ3) is 2.99. The van der Waals surface area contributed by atoms with Crippen LogP contribution in [0.3, 0.4) is 0 Å². The molecule has 0 atom stereocenters. The first-order valence-electron chi connectivity index (χ1n) is 7.30. The lowest BCUT2D eigenvalue weighted by molar-refractivity contribution is -0.107. The Morgan fingerprint density at radius 1 is 1.09 bits per heavy atom. The number of carbonyl (C=O) groups is 1. The maximum atomic E-state index is 12.0. The van der Waals surface area contributed by atoms with Crippen LogP contribution in [0.15, 0.2) is 23.1 Å².